The molecular weight excluding hydrogens is 325 g/mol. The summed E-state index contributed by atoms with van der Waals surface area (Å²) in [5.74, 6) is -0.423. The Labute approximate surface area is 143 Å². The first kappa shape index (κ1) is 16.7. The van der Waals surface area contributed by atoms with Crippen LogP contribution in [-0.2, 0) is 4.79 Å². The topological polar surface area (TPSA) is 68.5 Å². The fourth-order valence-electron chi connectivity index (χ4n) is 2.29. The predicted molar refractivity (Wildman–Crippen MR) is 92.3 cm³/mol. The normalized spacial score (nSPS) is 12.0. The molecule has 6 heteroatoms. The fraction of sp³-hybridized carbons (Fsp3) is 0.158. The Morgan fingerprint density at radius 3 is 2.68 bits per heavy atom. The van der Waals surface area contributed by atoms with Gasteiger partial charge in [-0.15, -0.1) is 0 Å². The molecule has 128 valence electrons. The van der Waals surface area contributed by atoms with E-state index in [0.717, 1.165) is 5.39 Å². The summed E-state index contributed by atoms with van der Waals surface area (Å²) in [5, 5.41) is 3.35. The number of fused-ring (bicyclic) bond motifs is 1. The highest BCUT2D eigenvalue weighted by molar-refractivity contribution is 5.94. The van der Waals surface area contributed by atoms with Gasteiger partial charge in [0.05, 0.1) is 0 Å². The smallest absolute Gasteiger partial charge is 0.336 e. The van der Waals surface area contributed by atoms with E-state index in [1.807, 2.05) is 0 Å². The number of amides is 1. The summed E-state index contributed by atoms with van der Waals surface area (Å²) in [6, 6.07) is 12.4. The molecule has 0 spiro atoms. The molecule has 5 nitrogen and oxygen atoms in total. The van der Waals surface area contributed by atoms with Gasteiger partial charge < -0.3 is 14.5 Å². The van der Waals surface area contributed by atoms with E-state index in [-0.39, 0.29) is 0 Å². The molecule has 0 unspecified atom stereocenters. The van der Waals surface area contributed by atoms with Crippen LogP contribution >= 0.6 is 0 Å². The van der Waals surface area contributed by atoms with Crippen LogP contribution in [0.2, 0.25) is 0 Å². The lowest BCUT2D eigenvalue weighted by Crippen LogP contribution is -2.30. The molecule has 1 N–H and O–H groups in total. The van der Waals surface area contributed by atoms with Gasteiger partial charge in [0.1, 0.15) is 17.1 Å². The third-order valence-corrected chi connectivity index (χ3v) is 3.72. The SMILES string of the molecule is Cc1ccc(NC(=O)[C@@H](C)Oc2ccc3ccc(=O)oc3c2)cc1F. The standard InChI is InChI=1S/C19H16FNO4/c1-11-3-6-14(9-16(11)20)21-19(23)12(2)24-15-7-4-13-5-8-18(22)25-17(13)10-15/h3-10,12H,1-2H3,(H,21,23)/t12-/m1/s1. The van der Waals surface area contributed by atoms with E-state index in [1.165, 1.54) is 12.1 Å². The lowest BCUT2D eigenvalue weighted by atomic mass is 10.2. The first-order chi connectivity index (χ1) is 11.9. The van der Waals surface area contributed by atoms with Crippen molar-refractivity contribution < 1.29 is 18.3 Å². The number of aryl methyl sites for hydroxylation is 1. The van der Waals surface area contributed by atoms with Crippen LogP contribution in [0.1, 0.15) is 12.5 Å². The van der Waals surface area contributed by atoms with Crippen molar-refractivity contribution in [2.24, 2.45) is 0 Å². The van der Waals surface area contributed by atoms with Gasteiger partial charge in [-0.25, -0.2) is 9.18 Å². The highest BCUT2D eigenvalue weighted by Gasteiger charge is 2.16. The molecule has 1 aromatic heterocycles. The molecule has 0 aliphatic heterocycles. The maximum atomic E-state index is 13.5. The third-order valence-electron chi connectivity index (χ3n) is 3.72. The van der Waals surface area contributed by atoms with Crippen LogP contribution in [-0.4, -0.2) is 12.0 Å². The molecule has 1 amide bonds. The van der Waals surface area contributed by atoms with Gasteiger partial charge in [0.25, 0.3) is 5.91 Å². The first-order valence-electron chi connectivity index (χ1n) is 7.70. The zero-order chi connectivity index (χ0) is 18.0. The van der Waals surface area contributed by atoms with E-state index in [4.69, 9.17) is 9.15 Å². The number of ether oxygens (including phenoxy) is 1. The average molecular weight is 341 g/mol. The van der Waals surface area contributed by atoms with Crippen LogP contribution in [0.4, 0.5) is 10.1 Å². The number of carbonyl (C=O) groups is 1. The number of halogens is 1. The van der Waals surface area contributed by atoms with Crippen molar-refractivity contribution in [1.82, 2.24) is 0 Å². The Kier molecular flexibility index (Phi) is 4.52. The molecule has 0 radical (unpaired) electrons. The maximum Gasteiger partial charge on any atom is 0.336 e. The van der Waals surface area contributed by atoms with Gasteiger partial charge in [-0.05, 0) is 49.7 Å². The summed E-state index contributed by atoms with van der Waals surface area (Å²) in [6.07, 6.45) is -0.822. The summed E-state index contributed by atoms with van der Waals surface area (Å²) in [6.45, 7) is 3.22. The van der Waals surface area contributed by atoms with E-state index >= 15 is 0 Å². The van der Waals surface area contributed by atoms with Crippen LogP contribution in [0.5, 0.6) is 5.75 Å². The number of hydrogen-bond donors (Lipinski definition) is 1. The fourth-order valence-corrected chi connectivity index (χ4v) is 2.29. The van der Waals surface area contributed by atoms with Gasteiger partial charge in [-0.2, -0.15) is 0 Å². The number of carbonyl (C=O) groups excluding carboxylic acids is 1. The molecule has 1 heterocycles. The lowest BCUT2D eigenvalue weighted by Gasteiger charge is -2.15. The van der Waals surface area contributed by atoms with E-state index in [0.29, 0.717) is 22.6 Å². The number of rotatable bonds is 4. The molecule has 0 saturated heterocycles. The van der Waals surface area contributed by atoms with Gasteiger partial charge in [0.15, 0.2) is 6.10 Å². The molecule has 2 aromatic carbocycles. The van der Waals surface area contributed by atoms with Crippen molar-refractivity contribution in [3.8, 4) is 5.75 Å². The second kappa shape index (κ2) is 6.76. The monoisotopic (exact) mass is 341 g/mol. The van der Waals surface area contributed by atoms with Crippen molar-refractivity contribution in [2.75, 3.05) is 5.32 Å². The highest BCUT2D eigenvalue weighted by Crippen LogP contribution is 2.21. The summed E-state index contributed by atoms with van der Waals surface area (Å²) in [7, 11) is 0. The maximum absolute atomic E-state index is 13.5. The van der Waals surface area contributed by atoms with Crippen molar-refractivity contribution in [1.29, 1.82) is 0 Å². The Bertz CT molecular complexity index is 996. The third kappa shape index (κ3) is 3.85. The minimum atomic E-state index is -0.822. The second-order valence-corrected chi connectivity index (χ2v) is 5.67. The van der Waals surface area contributed by atoms with Crippen molar-refractivity contribution in [3.63, 3.8) is 0 Å². The summed E-state index contributed by atoms with van der Waals surface area (Å²) >= 11 is 0. The minimum absolute atomic E-state index is 0.355. The lowest BCUT2D eigenvalue weighted by molar-refractivity contribution is -0.122. The molecule has 0 bridgehead atoms. The second-order valence-electron chi connectivity index (χ2n) is 5.67. The van der Waals surface area contributed by atoms with E-state index in [1.54, 1.807) is 50.2 Å². The van der Waals surface area contributed by atoms with Crippen LogP contribution in [0.3, 0.4) is 0 Å². The van der Waals surface area contributed by atoms with Crippen LogP contribution in [0.15, 0.2) is 57.7 Å². The Morgan fingerprint density at radius 2 is 1.92 bits per heavy atom. The number of anilines is 1. The Hall–Kier alpha value is -3.15. The van der Waals surface area contributed by atoms with Crippen molar-refractivity contribution in [3.05, 3.63) is 70.3 Å². The van der Waals surface area contributed by atoms with Crippen molar-refractivity contribution >= 4 is 22.6 Å². The van der Waals surface area contributed by atoms with Gasteiger partial charge >= 0.3 is 5.63 Å². The minimum Gasteiger partial charge on any atom is -0.481 e. The average Bonchev–Trinajstić information content (AvgIpc) is 2.57. The van der Waals surface area contributed by atoms with Gasteiger partial charge in [-0.3, -0.25) is 4.79 Å². The van der Waals surface area contributed by atoms with E-state index < -0.39 is 23.5 Å². The van der Waals surface area contributed by atoms with Crippen LogP contribution in [0, 0.1) is 12.7 Å². The molecule has 3 rings (SSSR count). The molecule has 25 heavy (non-hydrogen) atoms. The highest BCUT2D eigenvalue weighted by atomic mass is 19.1. The molecule has 0 aliphatic carbocycles. The largest absolute Gasteiger partial charge is 0.481 e. The van der Waals surface area contributed by atoms with Crippen LogP contribution < -0.4 is 15.7 Å². The van der Waals surface area contributed by atoms with Gasteiger partial charge in [0, 0.05) is 23.2 Å². The van der Waals surface area contributed by atoms with Crippen molar-refractivity contribution in [2.45, 2.75) is 20.0 Å². The summed E-state index contributed by atoms with van der Waals surface area (Å²) in [4.78, 5) is 23.5. The quantitative estimate of drug-likeness (QED) is 0.736. The molecule has 1 atom stereocenters. The molecule has 0 saturated carbocycles. The Morgan fingerprint density at radius 1 is 1.16 bits per heavy atom. The summed E-state index contributed by atoms with van der Waals surface area (Å²) < 4.78 is 24.2. The molecule has 0 fully saturated rings. The molecule has 0 aliphatic rings. The van der Waals surface area contributed by atoms with Gasteiger partial charge in [-0.1, -0.05) is 6.07 Å². The molecular formula is C19H16FNO4. The summed E-state index contributed by atoms with van der Waals surface area (Å²) in [5.41, 5.74) is 0.767. The van der Waals surface area contributed by atoms with E-state index in [9.17, 15) is 14.0 Å². The molecule has 3 aromatic rings. The Balaban J connectivity index is 1.72. The predicted octanol–water partition coefficient (Wildman–Crippen LogP) is 3.65. The number of hydrogen-bond acceptors (Lipinski definition) is 4. The first-order valence-corrected chi connectivity index (χ1v) is 7.70. The van der Waals surface area contributed by atoms with Gasteiger partial charge in [0.2, 0.25) is 0 Å². The zero-order valence-corrected chi connectivity index (χ0v) is 13.7. The number of nitrogens with one attached hydrogen (secondary N) is 1. The number of benzene rings is 2. The zero-order valence-electron chi connectivity index (χ0n) is 13.7. The van der Waals surface area contributed by atoms with E-state index in [2.05, 4.69) is 5.32 Å². The van der Waals surface area contributed by atoms with Crippen LogP contribution in [0.25, 0.3) is 11.0 Å².